The molecule has 1 fully saturated rings. The van der Waals surface area contributed by atoms with Gasteiger partial charge >= 0.3 is 0 Å². The number of anilines is 1. The Bertz CT molecular complexity index is 1210. The van der Waals surface area contributed by atoms with E-state index in [2.05, 4.69) is 29.1 Å². The number of hydrogen-bond acceptors (Lipinski definition) is 5. The molecule has 8 nitrogen and oxygen atoms in total. The molecule has 2 aromatic heterocycles. The van der Waals surface area contributed by atoms with E-state index < -0.39 is 10.0 Å². The van der Waals surface area contributed by atoms with E-state index in [0.29, 0.717) is 43.1 Å². The summed E-state index contributed by atoms with van der Waals surface area (Å²) in [7, 11) is -3.64. The number of aromatic amines is 1. The molecule has 32 heavy (non-hydrogen) atoms. The van der Waals surface area contributed by atoms with E-state index in [1.54, 1.807) is 18.3 Å². The second-order valence-corrected chi connectivity index (χ2v) is 10.3. The topological polar surface area (TPSA) is 98.4 Å². The first-order chi connectivity index (χ1) is 15.3. The molecule has 2 N–H and O–H groups in total. The highest BCUT2D eigenvalue weighted by Crippen LogP contribution is 2.26. The van der Waals surface area contributed by atoms with E-state index >= 15 is 0 Å². The molecule has 1 unspecified atom stereocenters. The highest BCUT2D eigenvalue weighted by Gasteiger charge is 2.33. The van der Waals surface area contributed by atoms with Crippen LogP contribution in [0, 0.1) is 0 Å². The number of H-pyrrole nitrogens is 1. The SMILES string of the molecule is CC(C)c1ccccc1NC(=O)C(C)N1CCN(S(=O)(=O)c2c[nH]c3ncccc23)CC1. The Morgan fingerprint density at radius 2 is 1.78 bits per heavy atom. The molecule has 170 valence electrons. The molecular weight excluding hydrogens is 426 g/mol. The number of nitrogens with one attached hydrogen (secondary N) is 2. The molecule has 0 aliphatic carbocycles. The molecule has 1 amide bonds. The lowest BCUT2D eigenvalue weighted by atomic mass is 10.0. The third-order valence-corrected chi connectivity index (χ3v) is 8.01. The molecule has 1 atom stereocenters. The molecule has 3 heterocycles. The summed E-state index contributed by atoms with van der Waals surface area (Å²) in [5.41, 5.74) is 2.47. The molecule has 1 saturated heterocycles. The molecular formula is C23H29N5O3S. The number of rotatable bonds is 6. The van der Waals surface area contributed by atoms with Gasteiger partial charge in [0.15, 0.2) is 0 Å². The van der Waals surface area contributed by atoms with E-state index in [9.17, 15) is 13.2 Å². The quantitative estimate of drug-likeness (QED) is 0.595. The van der Waals surface area contributed by atoms with E-state index in [4.69, 9.17) is 0 Å². The number of benzene rings is 1. The zero-order chi connectivity index (χ0) is 22.9. The molecule has 1 aliphatic rings. The first kappa shape index (κ1) is 22.4. The van der Waals surface area contributed by atoms with E-state index in [1.807, 2.05) is 36.1 Å². The van der Waals surface area contributed by atoms with Gasteiger partial charge in [0.25, 0.3) is 0 Å². The Morgan fingerprint density at radius 3 is 2.50 bits per heavy atom. The maximum Gasteiger partial charge on any atom is 0.245 e. The summed E-state index contributed by atoms with van der Waals surface area (Å²) in [6.45, 7) is 7.68. The number of para-hydroxylation sites is 1. The Balaban J connectivity index is 1.41. The van der Waals surface area contributed by atoms with Crippen LogP contribution in [0.1, 0.15) is 32.3 Å². The van der Waals surface area contributed by atoms with Crippen LogP contribution in [0.5, 0.6) is 0 Å². The number of aromatic nitrogens is 2. The van der Waals surface area contributed by atoms with Gasteiger partial charge in [-0.1, -0.05) is 32.0 Å². The largest absolute Gasteiger partial charge is 0.345 e. The second-order valence-electron chi connectivity index (χ2n) is 8.40. The molecule has 0 bridgehead atoms. The Kier molecular flexibility index (Phi) is 6.32. The Labute approximate surface area is 188 Å². The minimum Gasteiger partial charge on any atom is -0.345 e. The van der Waals surface area contributed by atoms with Crippen LogP contribution in [-0.4, -0.2) is 65.7 Å². The van der Waals surface area contributed by atoms with Crippen molar-refractivity contribution in [3.63, 3.8) is 0 Å². The fraction of sp³-hybridized carbons (Fsp3) is 0.391. The van der Waals surface area contributed by atoms with E-state index in [-0.39, 0.29) is 16.8 Å². The summed E-state index contributed by atoms with van der Waals surface area (Å²) in [6.07, 6.45) is 3.13. The maximum atomic E-state index is 13.2. The number of piperazine rings is 1. The summed E-state index contributed by atoms with van der Waals surface area (Å²) in [5, 5.41) is 3.64. The second kappa shape index (κ2) is 9.01. The van der Waals surface area contributed by atoms with Crippen LogP contribution >= 0.6 is 0 Å². The number of amides is 1. The number of hydrogen-bond donors (Lipinski definition) is 2. The highest BCUT2D eigenvalue weighted by molar-refractivity contribution is 7.89. The van der Waals surface area contributed by atoms with Gasteiger partial charge in [-0.15, -0.1) is 0 Å². The van der Waals surface area contributed by atoms with Crippen LogP contribution in [0.2, 0.25) is 0 Å². The predicted octanol–water partition coefficient (Wildman–Crippen LogP) is 3.02. The minimum atomic E-state index is -3.64. The predicted molar refractivity (Wildman–Crippen MR) is 125 cm³/mol. The zero-order valence-corrected chi connectivity index (χ0v) is 19.4. The lowest BCUT2D eigenvalue weighted by Crippen LogP contribution is -2.53. The van der Waals surface area contributed by atoms with Crippen LogP contribution in [0.25, 0.3) is 11.0 Å². The Morgan fingerprint density at radius 1 is 1.06 bits per heavy atom. The van der Waals surface area contributed by atoms with Crippen molar-refractivity contribution in [1.29, 1.82) is 0 Å². The van der Waals surface area contributed by atoms with Gasteiger partial charge in [0, 0.05) is 49.6 Å². The van der Waals surface area contributed by atoms with Crippen molar-refractivity contribution in [2.75, 3.05) is 31.5 Å². The lowest BCUT2D eigenvalue weighted by molar-refractivity contribution is -0.121. The molecule has 0 saturated carbocycles. The zero-order valence-electron chi connectivity index (χ0n) is 18.6. The van der Waals surface area contributed by atoms with Crippen LogP contribution in [0.15, 0.2) is 53.7 Å². The third kappa shape index (κ3) is 4.28. The van der Waals surface area contributed by atoms with Crippen molar-refractivity contribution in [2.45, 2.75) is 37.6 Å². The molecule has 0 spiro atoms. The van der Waals surface area contributed by atoms with Gasteiger partial charge in [-0.2, -0.15) is 4.31 Å². The average Bonchev–Trinajstić information content (AvgIpc) is 3.24. The van der Waals surface area contributed by atoms with E-state index in [1.165, 1.54) is 10.5 Å². The van der Waals surface area contributed by atoms with Crippen LogP contribution < -0.4 is 5.32 Å². The van der Waals surface area contributed by atoms with Gasteiger partial charge in [-0.05, 0) is 36.6 Å². The van der Waals surface area contributed by atoms with Gasteiger partial charge < -0.3 is 10.3 Å². The van der Waals surface area contributed by atoms with Crippen molar-refractivity contribution < 1.29 is 13.2 Å². The summed E-state index contributed by atoms with van der Waals surface area (Å²) < 4.78 is 27.9. The lowest BCUT2D eigenvalue weighted by Gasteiger charge is -2.36. The van der Waals surface area contributed by atoms with E-state index in [0.717, 1.165) is 11.3 Å². The van der Waals surface area contributed by atoms with Crippen LogP contribution in [0.4, 0.5) is 5.69 Å². The molecule has 3 aromatic rings. The number of carbonyl (C=O) groups is 1. The first-order valence-electron chi connectivity index (χ1n) is 10.8. The summed E-state index contributed by atoms with van der Waals surface area (Å²) in [6, 6.07) is 10.9. The molecule has 1 aromatic carbocycles. The standard InChI is InChI=1S/C23H29N5O3S/c1-16(2)18-7-4-5-9-20(18)26-23(29)17(3)27-11-13-28(14-12-27)32(30,31)21-15-25-22-19(21)8-6-10-24-22/h4-10,15-17H,11-14H2,1-3H3,(H,24,25)(H,26,29). The first-order valence-corrected chi connectivity index (χ1v) is 12.3. The Hall–Kier alpha value is -2.75. The molecule has 0 radical (unpaired) electrons. The van der Waals surface area contributed by atoms with Gasteiger partial charge in [-0.3, -0.25) is 9.69 Å². The monoisotopic (exact) mass is 455 g/mol. The highest BCUT2D eigenvalue weighted by atomic mass is 32.2. The van der Waals surface area contributed by atoms with Crippen molar-refractivity contribution in [3.05, 3.63) is 54.4 Å². The normalized spacial score (nSPS) is 17.0. The van der Waals surface area contributed by atoms with Crippen LogP contribution in [-0.2, 0) is 14.8 Å². The van der Waals surface area contributed by atoms with Crippen molar-refractivity contribution in [1.82, 2.24) is 19.2 Å². The smallest absolute Gasteiger partial charge is 0.245 e. The fourth-order valence-electron chi connectivity index (χ4n) is 4.13. The van der Waals surface area contributed by atoms with Gasteiger partial charge in [0.2, 0.25) is 15.9 Å². The number of nitrogens with zero attached hydrogens (tertiary/aromatic N) is 3. The number of pyridine rings is 1. The molecule has 9 heteroatoms. The summed E-state index contributed by atoms with van der Waals surface area (Å²) in [5.74, 6) is 0.215. The summed E-state index contributed by atoms with van der Waals surface area (Å²) in [4.78, 5) is 22.3. The summed E-state index contributed by atoms with van der Waals surface area (Å²) >= 11 is 0. The molecule has 1 aliphatic heterocycles. The van der Waals surface area contributed by atoms with Gasteiger partial charge in [-0.25, -0.2) is 13.4 Å². The molecule has 4 rings (SSSR count). The fourth-order valence-corrected chi connectivity index (χ4v) is 5.70. The average molecular weight is 456 g/mol. The van der Waals surface area contributed by atoms with Crippen molar-refractivity contribution >= 4 is 32.7 Å². The number of carbonyl (C=O) groups excluding carboxylic acids is 1. The number of sulfonamides is 1. The van der Waals surface area contributed by atoms with Crippen molar-refractivity contribution in [3.8, 4) is 0 Å². The maximum absolute atomic E-state index is 13.2. The van der Waals surface area contributed by atoms with Gasteiger partial charge in [0.1, 0.15) is 10.5 Å². The number of fused-ring (bicyclic) bond motifs is 1. The van der Waals surface area contributed by atoms with Crippen LogP contribution in [0.3, 0.4) is 0 Å². The third-order valence-electron chi connectivity index (χ3n) is 6.07. The van der Waals surface area contributed by atoms with Crippen molar-refractivity contribution in [2.24, 2.45) is 0 Å². The van der Waals surface area contributed by atoms with Gasteiger partial charge in [0.05, 0.1) is 6.04 Å². The minimum absolute atomic E-state index is 0.0860.